The molecule has 0 saturated heterocycles. The lowest BCUT2D eigenvalue weighted by molar-refractivity contribution is -0.124. The molecule has 0 bridgehead atoms. The first kappa shape index (κ1) is 15.8. The maximum atomic E-state index is 12.4. The number of unbranched alkanes of at least 4 members (excludes halogenated alkanes) is 1. The molecule has 0 atom stereocenters. The molecule has 1 aromatic heterocycles. The number of amides is 1. The number of anilines is 1. The van der Waals surface area contributed by atoms with Crippen LogP contribution in [0.2, 0.25) is 0 Å². The van der Waals surface area contributed by atoms with E-state index in [0.717, 1.165) is 49.9 Å². The Balaban J connectivity index is 1.99. The summed E-state index contributed by atoms with van der Waals surface area (Å²) in [6, 6.07) is 3.72. The van der Waals surface area contributed by atoms with Crippen molar-refractivity contribution in [3.05, 3.63) is 17.8 Å². The van der Waals surface area contributed by atoms with Gasteiger partial charge in [-0.15, -0.1) is 0 Å². The van der Waals surface area contributed by atoms with Crippen molar-refractivity contribution in [2.75, 3.05) is 11.9 Å². The SMILES string of the molecule is CCCCOc1ccc(NC(=O)C2(C)CCCC2)c(C)n1. The molecule has 2 rings (SSSR count). The van der Waals surface area contributed by atoms with Gasteiger partial charge in [0.1, 0.15) is 0 Å². The van der Waals surface area contributed by atoms with Crippen LogP contribution in [0.4, 0.5) is 5.69 Å². The van der Waals surface area contributed by atoms with E-state index in [9.17, 15) is 4.79 Å². The number of carbonyl (C=O) groups excluding carboxylic acids is 1. The molecule has 1 aromatic rings. The minimum Gasteiger partial charge on any atom is -0.478 e. The maximum Gasteiger partial charge on any atom is 0.230 e. The van der Waals surface area contributed by atoms with Crippen molar-refractivity contribution in [3.63, 3.8) is 0 Å². The first-order valence-electron chi connectivity index (χ1n) is 7.97. The molecule has 0 radical (unpaired) electrons. The van der Waals surface area contributed by atoms with E-state index in [0.29, 0.717) is 12.5 Å². The number of aromatic nitrogens is 1. The monoisotopic (exact) mass is 290 g/mol. The molecule has 0 aromatic carbocycles. The Morgan fingerprint density at radius 1 is 1.38 bits per heavy atom. The third-order valence-corrected chi connectivity index (χ3v) is 4.31. The summed E-state index contributed by atoms with van der Waals surface area (Å²) >= 11 is 0. The van der Waals surface area contributed by atoms with E-state index < -0.39 is 0 Å². The van der Waals surface area contributed by atoms with Crippen molar-refractivity contribution < 1.29 is 9.53 Å². The van der Waals surface area contributed by atoms with Crippen LogP contribution in [0.1, 0.15) is 58.1 Å². The number of pyridine rings is 1. The molecule has 1 heterocycles. The predicted molar refractivity (Wildman–Crippen MR) is 84.6 cm³/mol. The first-order chi connectivity index (χ1) is 10.0. The second-order valence-corrected chi connectivity index (χ2v) is 6.21. The van der Waals surface area contributed by atoms with Crippen LogP contribution in [0, 0.1) is 12.3 Å². The molecule has 1 fully saturated rings. The van der Waals surface area contributed by atoms with Crippen LogP contribution < -0.4 is 10.1 Å². The molecule has 0 spiro atoms. The lowest BCUT2D eigenvalue weighted by Gasteiger charge is -2.22. The average molecular weight is 290 g/mol. The lowest BCUT2D eigenvalue weighted by Crippen LogP contribution is -2.31. The van der Waals surface area contributed by atoms with Crippen molar-refractivity contribution in [1.82, 2.24) is 4.98 Å². The standard InChI is InChI=1S/C17H26N2O2/c1-4-5-12-21-15-9-8-14(13(2)18-15)19-16(20)17(3)10-6-7-11-17/h8-9H,4-7,10-12H2,1-3H3,(H,19,20). The predicted octanol–water partition coefficient (Wildman–Crippen LogP) is 4.09. The maximum absolute atomic E-state index is 12.4. The highest BCUT2D eigenvalue weighted by molar-refractivity contribution is 5.95. The van der Waals surface area contributed by atoms with Gasteiger partial charge in [0, 0.05) is 11.5 Å². The van der Waals surface area contributed by atoms with E-state index in [2.05, 4.69) is 24.1 Å². The molecular weight excluding hydrogens is 264 g/mol. The van der Waals surface area contributed by atoms with Crippen LogP contribution in [-0.4, -0.2) is 17.5 Å². The summed E-state index contributed by atoms with van der Waals surface area (Å²) in [7, 11) is 0. The summed E-state index contributed by atoms with van der Waals surface area (Å²) in [4.78, 5) is 16.8. The zero-order valence-corrected chi connectivity index (χ0v) is 13.4. The van der Waals surface area contributed by atoms with Crippen LogP contribution in [-0.2, 0) is 4.79 Å². The van der Waals surface area contributed by atoms with Crippen molar-refractivity contribution >= 4 is 11.6 Å². The number of rotatable bonds is 6. The number of aryl methyl sites for hydroxylation is 1. The third kappa shape index (κ3) is 3.96. The van der Waals surface area contributed by atoms with Crippen LogP contribution in [0.5, 0.6) is 5.88 Å². The summed E-state index contributed by atoms with van der Waals surface area (Å²) in [5.41, 5.74) is 1.37. The average Bonchev–Trinajstić information content (AvgIpc) is 2.90. The molecule has 1 aliphatic rings. The third-order valence-electron chi connectivity index (χ3n) is 4.31. The van der Waals surface area contributed by atoms with Gasteiger partial charge in [0.05, 0.1) is 18.0 Å². The number of ether oxygens (including phenoxy) is 1. The zero-order valence-electron chi connectivity index (χ0n) is 13.4. The van der Waals surface area contributed by atoms with Gasteiger partial charge >= 0.3 is 0 Å². The lowest BCUT2D eigenvalue weighted by atomic mass is 9.88. The van der Waals surface area contributed by atoms with Crippen LogP contribution in [0.3, 0.4) is 0 Å². The van der Waals surface area contributed by atoms with E-state index in [1.807, 2.05) is 19.1 Å². The van der Waals surface area contributed by atoms with Crippen LogP contribution in [0.25, 0.3) is 0 Å². The smallest absolute Gasteiger partial charge is 0.230 e. The minimum absolute atomic E-state index is 0.115. The highest BCUT2D eigenvalue weighted by atomic mass is 16.5. The first-order valence-corrected chi connectivity index (χ1v) is 7.97. The quantitative estimate of drug-likeness (QED) is 0.803. The van der Waals surface area contributed by atoms with Gasteiger partial charge in [-0.25, -0.2) is 4.98 Å². The van der Waals surface area contributed by atoms with Gasteiger partial charge < -0.3 is 10.1 Å². The summed E-state index contributed by atoms with van der Waals surface area (Å²) in [6.45, 7) is 6.77. The van der Waals surface area contributed by atoms with Gasteiger partial charge in [-0.3, -0.25) is 4.79 Å². The fourth-order valence-electron chi connectivity index (χ4n) is 2.73. The Morgan fingerprint density at radius 2 is 2.10 bits per heavy atom. The van der Waals surface area contributed by atoms with Crippen LogP contribution in [0.15, 0.2) is 12.1 Å². The van der Waals surface area contributed by atoms with Crippen LogP contribution >= 0.6 is 0 Å². The van der Waals surface area contributed by atoms with Crippen molar-refractivity contribution in [2.45, 2.75) is 59.3 Å². The van der Waals surface area contributed by atoms with Gasteiger partial charge in [0.2, 0.25) is 11.8 Å². The summed E-state index contributed by atoms with van der Waals surface area (Å²) in [5.74, 6) is 0.746. The molecule has 21 heavy (non-hydrogen) atoms. The number of nitrogens with one attached hydrogen (secondary N) is 1. The Kier molecular flexibility index (Phi) is 5.21. The Bertz CT molecular complexity index is 494. The molecular formula is C17H26N2O2. The van der Waals surface area contributed by atoms with E-state index in [1.165, 1.54) is 0 Å². The Hall–Kier alpha value is -1.58. The van der Waals surface area contributed by atoms with Crippen molar-refractivity contribution in [1.29, 1.82) is 0 Å². The summed E-state index contributed by atoms with van der Waals surface area (Å²) in [6.07, 6.45) is 6.37. The normalized spacial score (nSPS) is 16.7. The molecule has 116 valence electrons. The van der Waals surface area contributed by atoms with Crippen molar-refractivity contribution in [3.8, 4) is 5.88 Å². The molecule has 4 nitrogen and oxygen atoms in total. The molecule has 0 unspecified atom stereocenters. The van der Waals surface area contributed by atoms with Gasteiger partial charge in [0.25, 0.3) is 0 Å². The Labute approximate surface area is 127 Å². The molecule has 1 N–H and O–H groups in total. The number of carbonyl (C=O) groups is 1. The van der Waals surface area contributed by atoms with Gasteiger partial charge in [-0.2, -0.15) is 0 Å². The minimum atomic E-state index is -0.220. The fourth-order valence-corrected chi connectivity index (χ4v) is 2.73. The second-order valence-electron chi connectivity index (χ2n) is 6.21. The second kappa shape index (κ2) is 6.92. The molecule has 0 aliphatic heterocycles. The molecule has 1 aliphatic carbocycles. The van der Waals surface area contributed by atoms with Gasteiger partial charge in [0.15, 0.2) is 0 Å². The highest BCUT2D eigenvalue weighted by Crippen LogP contribution is 2.38. The number of hydrogen-bond donors (Lipinski definition) is 1. The number of nitrogens with zero attached hydrogens (tertiary/aromatic N) is 1. The van der Waals surface area contributed by atoms with E-state index >= 15 is 0 Å². The van der Waals surface area contributed by atoms with Crippen molar-refractivity contribution in [2.24, 2.45) is 5.41 Å². The fraction of sp³-hybridized carbons (Fsp3) is 0.647. The van der Waals surface area contributed by atoms with Gasteiger partial charge in [-0.05, 0) is 32.3 Å². The largest absolute Gasteiger partial charge is 0.478 e. The molecule has 1 saturated carbocycles. The summed E-state index contributed by atoms with van der Waals surface area (Å²) in [5, 5.41) is 3.03. The number of hydrogen-bond acceptors (Lipinski definition) is 3. The topological polar surface area (TPSA) is 51.2 Å². The molecule has 4 heteroatoms. The zero-order chi connectivity index (χ0) is 15.3. The van der Waals surface area contributed by atoms with Gasteiger partial charge in [-0.1, -0.05) is 33.1 Å². The Morgan fingerprint density at radius 3 is 2.71 bits per heavy atom. The summed E-state index contributed by atoms with van der Waals surface area (Å²) < 4.78 is 5.58. The van der Waals surface area contributed by atoms with E-state index in [4.69, 9.17) is 4.74 Å². The highest BCUT2D eigenvalue weighted by Gasteiger charge is 2.36. The molecule has 1 amide bonds. The van der Waals surface area contributed by atoms with E-state index in [1.54, 1.807) is 0 Å². The van der Waals surface area contributed by atoms with E-state index in [-0.39, 0.29) is 11.3 Å².